The van der Waals surface area contributed by atoms with E-state index in [0.29, 0.717) is 11.1 Å². The molecular weight excluding hydrogens is 223 g/mol. The van der Waals surface area contributed by atoms with Crippen molar-refractivity contribution in [1.82, 2.24) is 5.43 Å². The maximum atomic E-state index is 13.5. The number of rotatable bonds is 3. The van der Waals surface area contributed by atoms with Gasteiger partial charge in [0.05, 0.1) is 12.2 Å². The third-order valence-electron chi connectivity index (χ3n) is 2.10. The first-order valence-corrected chi connectivity index (χ1v) is 5.27. The summed E-state index contributed by atoms with van der Waals surface area (Å²) in [4.78, 5) is 11.3. The second-order valence-electron chi connectivity index (χ2n) is 4.68. The lowest BCUT2D eigenvalue weighted by atomic mass is 10.1. The number of nitrogens with two attached hydrogens (primary N) is 1. The molecule has 0 atom stereocenters. The van der Waals surface area contributed by atoms with Gasteiger partial charge in [-0.1, -0.05) is 0 Å². The van der Waals surface area contributed by atoms with Crippen molar-refractivity contribution in [2.24, 2.45) is 5.84 Å². The molecule has 0 bridgehead atoms. The molecule has 0 heterocycles. The molecule has 1 amide bonds. The molecule has 0 unspecified atom stereocenters. The lowest BCUT2D eigenvalue weighted by Crippen LogP contribution is -2.30. The Labute approximate surface area is 99.9 Å². The highest BCUT2D eigenvalue weighted by molar-refractivity contribution is 5.93. The van der Waals surface area contributed by atoms with Crippen molar-refractivity contribution in [3.63, 3.8) is 0 Å². The summed E-state index contributed by atoms with van der Waals surface area (Å²) in [6.07, 6.45) is 0. The normalized spacial score (nSPS) is 11.4. The first kappa shape index (κ1) is 13.6. The van der Waals surface area contributed by atoms with Crippen molar-refractivity contribution in [3.8, 4) is 0 Å². The van der Waals surface area contributed by atoms with E-state index in [4.69, 9.17) is 10.6 Å². The van der Waals surface area contributed by atoms with Crippen LogP contribution in [0.25, 0.3) is 0 Å². The number of amides is 1. The Bertz CT molecular complexity index is 413. The molecule has 1 aromatic carbocycles. The highest BCUT2D eigenvalue weighted by Gasteiger charge is 2.13. The van der Waals surface area contributed by atoms with Gasteiger partial charge in [0.25, 0.3) is 5.91 Å². The van der Waals surface area contributed by atoms with Gasteiger partial charge in [0.15, 0.2) is 0 Å². The van der Waals surface area contributed by atoms with Crippen LogP contribution in [0, 0.1) is 5.82 Å². The molecule has 0 saturated heterocycles. The van der Waals surface area contributed by atoms with E-state index in [9.17, 15) is 9.18 Å². The van der Waals surface area contributed by atoms with Crippen LogP contribution >= 0.6 is 0 Å². The molecule has 5 heteroatoms. The van der Waals surface area contributed by atoms with Crippen molar-refractivity contribution in [2.75, 3.05) is 0 Å². The highest BCUT2D eigenvalue weighted by atomic mass is 19.1. The molecule has 0 aliphatic heterocycles. The number of hydrogen-bond acceptors (Lipinski definition) is 3. The van der Waals surface area contributed by atoms with Gasteiger partial charge >= 0.3 is 0 Å². The molecule has 0 aromatic heterocycles. The van der Waals surface area contributed by atoms with E-state index in [1.807, 2.05) is 26.2 Å². The number of carbonyl (C=O) groups excluding carboxylic acids is 1. The summed E-state index contributed by atoms with van der Waals surface area (Å²) in [5.41, 5.74) is 2.28. The van der Waals surface area contributed by atoms with Crippen LogP contribution in [0.4, 0.5) is 4.39 Å². The van der Waals surface area contributed by atoms with E-state index in [1.165, 1.54) is 18.2 Å². The van der Waals surface area contributed by atoms with Gasteiger partial charge < -0.3 is 4.74 Å². The zero-order valence-corrected chi connectivity index (χ0v) is 10.2. The fourth-order valence-electron chi connectivity index (χ4n) is 1.20. The number of carbonyl (C=O) groups is 1. The Morgan fingerprint density at radius 2 is 2.12 bits per heavy atom. The molecule has 0 spiro atoms. The monoisotopic (exact) mass is 240 g/mol. The second-order valence-corrected chi connectivity index (χ2v) is 4.68. The fraction of sp³-hybridized carbons (Fsp3) is 0.417. The third kappa shape index (κ3) is 4.13. The van der Waals surface area contributed by atoms with E-state index >= 15 is 0 Å². The van der Waals surface area contributed by atoms with Crippen LogP contribution in [0.15, 0.2) is 18.2 Å². The van der Waals surface area contributed by atoms with Crippen molar-refractivity contribution in [1.29, 1.82) is 0 Å². The van der Waals surface area contributed by atoms with Gasteiger partial charge in [-0.05, 0) is 39.0 Å². The Kier molecular flexibility index (Phi) is 4.20. The molecule has 0 radical (unpaired) electrons. The maximum Gasteiger partial charge on any atom is 0.265 e. The van der Waals surface area contributed by atoms with Crippen LogP contribution in [-0.4, -0.2) is 11.5 Å². The molecule has 0 aliphatic carbocycles. The number of ether oxygens (including phenoxy) is 1. The molecule has 0 saturated carbocycles. The highest BCUT2D eigenvalue weighted by Crippen LogP contribution is 2.16. The van der Waals surface area contributed by atoms with Crippen LogP contribution in [0.1, 0.15) is 36.7 Å². The minimum atomic E-state index is -0.456. The van der Waals surface area contributed by atoms with Crippen LogP contribution in [0.2, 0.25) is 0 Å². The SMILES string of the molecule is CC(C)(C)OCc1cc(C(=O)NN)ccc1F. The summed E-state index contributed by atoms with van der Waals surface area (Å²) in [6.45, 7) is 5.74. The third-order valence-corrected chi connectivity index (χ3v) is 2.10. The standard InChI is InChI=1S/C12H17FN2O2/c1-12(2,3)17-7-9-6-8(11(16)15-14)4-5-10(9)13/h4-6H,7,14H2,1-3H3,(H,15,16). The van der Waals surface area contributed by atoms with Gasteiger partial charge in [-0.15, -0.1) is 0 Å². The van der Waals surface area contributed by atoms with E-state index in [2.05, 4.69) is 0 Å². The lowest BCUT2D eigenvalue weighted by molar-refractivity contribution is -0.0161. The van der Waals surface area contributed by atoms with Gasteiger partial charge in [0, 0.05) is 11.1 Å². The van der Waals surface area contributed by atoms with Crippen molar-refractivity contribution < 1.29 is 13.9 Å². The molecule has 1 aromatic rings. The quantitative estimate of drug-likeness (QED) is 0.480. The van der Waals surface area contributed by atoms with Gasteiger partial charge in [-0.3, -0.25) is 10.2 Å². The number of benzene rings is 1. The number of hydrogen-bond donors (Lipinski definition) is 2. The first-order valence-electron chi connectivity index (χ1n) is 5.27. The molecule has 0 aliphatic rings. The number of halogens is 1. The summed E-state index contributed by atoms with van der Waals surface area (Å²) < 4.78 is 18.9. The Balaban J connectivity index is 2.87. The number of nitrogens with one attached hydrogen (secondary N) is 1. The summed E-state index contributed by atoms with van der Waals surface area (Å²) in [5.74, 6) is 4.15. The summed E-state index contributed by atoms with van der Waals surface area (Å²) >= 11 is 0. The van der Waals surface area contributed by atoms with Gasteiger partial charge in [-0.25, -0.2) is 10.2 Å². The average Bonchev–Trinajstić information content (AvgIpc) is 2.26. The van der Waals surface area contributed by atoms with E-state index in [1.54, 1.807) is 0 Å². The Morgan fingerprint density at radius 1 is 1.47 bits per heavy atom. The first-order chi connectivity index (χ1) is 7.83. The molecule has 1 rings (SSSR count). The van der Waals surface area contributed by atoms with Crippen LogP contribution < -0.4 is 11.3 Å². The molecule has 0 fully saturated rings. The second kappa shape index (κ2) is 5.25. The van der Waals surface area contributed by atoms with Crippen molar-refractivity contribution >= 4 is 5.91 Å². The van der Waals surface area contributed by atoms with Crippen LogP contribution in [0.3, 0.4) is 0 Å². The van der Waals surface area contributed by atoms with Gasteiger partial charge in [0.1, 0.15) is 5.82 Å². The smallest absolute Gasteiger partial charge is 0.265 e. The van der Waals surface area contributed by atoms with Crippen molar-refractivity contribution in [2.45, 2.75) is 33.0 Å². The lowest BCUT2D eigenvalue weighted by Gasteiger charge is -2.19. The number of nitrogen functional groups attached to an aromatic ring is 1. The molecule has 3 N–H and O–H groups in total. The van der Waals surface area contributed by atoms with Crippen LogP contribution in [0.5, 0.6) is 0 Å². The predicted molar refractivity (Wildman–Crippen MR) is 62.6 cm³/mol. The van der Waals surface area contributed by atoms with E-state index < -0.39 is 11.7 Å². The van der Waals surface area contributed by atoms with E-state index in [-0.39, 0.29) is 12.2 Å². The minimum Gasteiger partial charge on any atom is -0.371 e. The summed E-state index contributed by atoms with van der Waals surface area (Å²) in [5, 5.41) is 0. The largest absolute Gasteiger partial charge is 0.371 e. The molecule has 17 heavy (non-hydrogen) atoms. The minimum absolute atomic E-state index is 0.112. The maximum absolute atomic E-state index is 13.5. The Morgan fingerprint density at radius 3 is 2.65 bits per heavy atom. The summed E-state index contributed by atoms with van der Waals surface area (Å²) in [7, 11) is 0. The van der Waals surface area contributed by atoms with Crippen LogP contribution in [-0.2, 0) is 11.3 Å². The molecular formula is C12H17FN2O2. The topological polar surface area (TPSA) is 64.3 Å². The molecule has 4 nitrogen and oxygen atoms in total. The van der Waals surface area contributed by atoms with Crippen molar-refractivity contribution in [3.05, 3.63) is 35.1 Å². The Hall–Kier alpha value is -1.46. The molecule has 94 valence electrons. The zero-order valence-electron chi connectivity index (χ0n) is 10.2. The predicted octanol–water partition coefficient (Wildman–Crippen LogP) is 1.74. The fourth-order valence-corrected chi connectivity index (χ4v) is 1.20. The van der Waals surface area contributed by atoms with Gasteiger partial charge in [-0.2, -0.15) is 0 Å². The van der Waals surface area contributed by atoms with Gasteiger partial charge in [0.2, 0.25) is 0 Å². The van der Waals surface area contributed by atoms with E-state index in [0.717, 1.165) is 0 Å². The number of hydrazine groups is 1. The summed E-state index contributed by atoms with van der Waals surface area (Å²) in [6, 6.07) is 4.04. The average molecular weight is 240 g/mol. The zero-order chi connectivity index (χ0) is 13.1.